The number of esters is 5. The summed E-state index contributed by atoms with van der Waals surface area (Å²) in [7, 11) is 0. The molecule has 0 aliphatic rings. The van der Waals surface area contributed by atoms with Crippen LogP contribution in [0.3, 0.4) is 0 Å². The van der Waals surface area contributed by atoms with Gasteiger partial charge in [-0.25, -0.2) is 24.0 Å². The molecule has 0 saturated carbocycles. The van der Waals surface area contributed by atoms with E-state index in [1.54, 1.807) is 32.9 Å². The van der Waals surface area contributed by atoms with Crippen molar-refractivity contribution in [3.8, 4) is 23.0 Å². The Balaban J connectivity index is 0.000000326. The van der Waals surface area contributed by atoms with Crippen molar-refractivity contribution in [2.24, 2.45) is 0 Å². The van der Waals surface area contributed by atoms with Crippen molar-refractivity contribution >= 4 is 36.0 Å². The maximum absolute atomic E-state index is 12.3. The summed E-state index contributed by atoms with van der Waals surface area (Å²) in [5, 5.41) is 0. The summed E-state index contributed by atoms with van der Waals surface area (Å²) in [5.74, 6) is -0.149. The maximum atomic E-state index is 12.3. The number of unbranched alkanes of at least 4 members (excludes halogenated alkanes) is 2. The number of hydrogen-bond acceptors (Lipinski definition) is 14. The van der Waals surface area contributed by atoms with Crippen molar-refractivity contribution in [3.05, 3.63) is 239 Å². The van der Waals surface area contributed by atoms with E-state index in [1.807, 2.05) is 60.7 Å². The molecule has 6 aromatic rings. The zero-order valence-electron chi connectivity index (χ0n) is 53.8. The van der Waals surface area contributed by atoms with Crippen LogP contribution in [0.5, 0.6) is 23.0 Å². The number of ether oxygens (including phenoxy) is 8. The lowest BCUT2D eigenvalue weighted by atomic mass is 9.74. The summed E-state index contributed by atoms with van der Waals surface area (Å²) in [6.45, 7) is 39.0. The van der Waals surface area contributed by atoms with E-state index < -0.39 is 30.0 Å². The third-order valence-electron chi connectivity index (χ3n) is 15.4. The van der Waals surface area contributed by atoms with Gasteiger partial charge in [-0.2, -0.15) is 0 Å². The summed E-state index contributed by atoms with van der Waals surface area (Å²) in [4.78, 5) is 70.1. The first-order valence-electron chi connectivity index (χ1n) is 29.6. The third-order valence-corrected chi connectivity index (χ3v) is 15.4. The predicted octanol–water partition coefficient (Wildman–Crippen LogP) is 15.9. The van der Waals surface area contributed by atoms with Gasteiger partial charge in [-0.15, -0.1) is 0 Å². The Morgan fingerprint density at radius 1 is 0.315 bits per heavy atom. The molecule has 0 bridgehead atoms. The van der Waals surface area contributed by atoms with Gasteiger partial charge in [0.2, 0.25) is 0 Å². The SMILES string of the molecule is C=C(C)C(=O)OCCCCCC(=O)Oc1ccc(C(C)(C)c2ccc(C(C)(C)c3ccc(OC(=O)OC(=O)C(=C)C)cc3)cc2)cc1.C=C(C)C(=O)OCCOc1ccc(C(C)(C)c2ccc(C(C)(C)c3ccc(OCCOC(=O)C(=C)C)cc3)cc2)cc1. The molecule has 0 aliphatic heterocycles. The maximum Gasteiger partial charge on any atom is 0.521 e. The fourth-order valence-corrected chi connectivity index (χ4v) is 9.22. The average molecular weight is 1210 g/mol. The van der Waals surface area contributed by atoms with E-state index in [4.69, 9.17) is 33.2 Å². The minimum absolute atomic E-state index is 0.103. The summed E-state index contributed by atoms with van der Waals surface area (Å²) >= 11 is 0. The second-order valence-electron chi connectivity index (χ2n) is 24.0. The highest BCUT2D eigenvalue weighted by atomic mass is 16.7. The normalized spacial score (nSPS) is 11.3. The van der Waals surface area contributed by atoms with Crippen LogP contribution in [-0.4, -0.2) is 69.0 Å². The molecule has 14 heteroatoms. The van der Waals surface area contributed by atoms with Crippen LogP contribution >= 0.6 is 0 Å². The van der Waals surface area contributed by atoms with E-state index in [0.717, 1.165) is 40.2 Å². The molecule has 0 N–H and O–H groups in total. The Morgan fingerprint density at radius 3 is 0.865 bits per heavy atom. The van der Waals surface area contributed by atoms with E-state index in [0.29, 0.717) is 41.9 Å². The van der Waals surface area contributed by atoms with Crippen LogP contribution in [0.15, 0.2) is 194 Å². The number of carbonyl (C=O) groups is 6. The van der Waals surface area contributed by atoms with Crippen LogP contribution in [0.25, 0.3) is 0 Å². The number of carbonyl (C=O) groups excluding carboxylic acids is 6. The molecular formula is C75H86O14. The van der Waals surface area contributed by atoms with Gasteiger partial charge in [-0.05, 0) is 140 Å². The molecule has 0 radical (unpaired) electrons. The van der Waals surface area contributed by atoms with Crippen LogP contribution < -0.4 is 18.9 Å². The largest absolute Gasteiger partial charge is 0.521 e. The molecular weight excluding hydrogens is 1120 g/mol. The van der Waals surface area contributed by atoms with Gasteiger partial charge in [-0.1, -0.05) is 179 Å². The van der Waals surface area contributed by atoms with Gasteiger partial charge < -0.3 is 37.9 Å². The van der Waals surface area contributed by atoms with Crippen LogP contribution in [0, 0.1) is 0 Å². The lowest BCUT2D eigenvalue weighted by Crippen LogP contribution is -2.21. The quantitative estimate of drug-likeness (QED) is 0.00862. The first-order valence-corrected chi connectivity index (χ1v) is 29.6. The van der Waals surface area contributed by atoms with E-state index in [9.17, 15) is 28.8 Å². The molecule has 89 heavy (non-hydrogen) atoms. The van der Waals surface area contributed by atoms with Crippen LogP contribution in [0.1, 0.15) is 153 Å². The van der Waals surface area contributed by atoms with Crippen molar-refractivity contribution in [2.75, 3.05) is 33.0 Å². The Kier molecular flexibility index (Phi) is 25.4. The molecule has 0 aliphatic carbocycles. The highest BCUT2D eigenvalue weighted by molar-refractivity contribution is 5.94. The van der Waals surface area contributed by atoms with Gasteiger partial charge in [0.25, 0.3) is 0 Å². The molecule has 6 rings (SSSR count). The highest BCUT2D eigenvalue weighted by Gasteiger charge is 2.29. The lowest BCUT2D eigenvalue weighted by Gasteiger charge is -2.29. The third kappa shape index (κ3) is 20.7. The zero-order valence-corrected chi connectivity index (χ0v) is 53.8. The van der Waals surface area contributed by atoms with Crippen molar-refractivity contribution in [1.29, 1.82) is 0 Å². The molecule has 0 atom stereocenters. The molecule has 14 nitrogen and oxygen atoms in total. The second-order valence-corrected chi connectivity index (χ2v) is 24.0. The van der Waals surface area contributed by atoms with Crippen molar-refractivity contribution in [1.82, 2.24) is 0 Å². The number of rotatable bonds is 28. The zero-order chi connectivity index (χ0) is 65.7. The molecule has 0 saturated heterocycles. The van der Waals surface area contributed by atoms with Crippen molar-refractivity contribution in [3.63, 3.8) is 0 Å². The molecule has 6 aromatic carbocycles. The van der Waals surface area contributed by atoms with Crippen LogP contribution in [0.4, 0.5) is 4.79 Å². The smallest absolute Gasteiger partial charge is 0.490 e. The standard InChI is InChI=1S/C39H44O8.C36H42O6/c1-26(2)35(41)44-25-11-9-10-12-34(40)45-32-21-17-30(18-22-32)38(5,6)28-13-15-29(16-14-28)39(7,8)31-19-23-33(24-20-31)46-37(43)47-36(42)27(3)4;1-25(2)33(37)41-23-21-39-31-17-13-29(14-18-31)35(5,6)27-9-11-28(12-10-27)36(7,8)30-15-19-32(20-16-30)40-22-24-42-34(38)26(3)4/h13-24H,1,3,9-12,25H2,2,4-8H3;9-20H,1,3,21-24H2,2,4-8H3. The van der Waals surface area contributed by atoms with E-state index in [-0.39, 0.29) is 71.8 Å². The highest BCUT2D eigenvalue weighted by Crippen LogP contribution is 2.39. The minimum atomic E-state index is -1.11. The second kappa shape index (κ2) is 32.1. The van der Waals surface area contributed by atoms with Crippen molar-refractivity contribution in [2.45, 2.75) is 130 Å². The number of benzene rings is 6. The van der Waals surface area contributed by atoms with Crippen LogP contribution in [0.2, 0.25) is 0 Å². The molecule has 0 amide bonds. The van der Waals surface area contributed by atoms with Gasteiger partial charge in [0.05, 0.1) is 6.61 Å². The Labute approximate surface area is 525 Å². The topological polar surface area (TPSA) is 176 Å². The van der Waals surface area contributed by atoms with E-state index >= 15 is 0 Å². The Hall–Kier alpha value is -9.30. The molecule has 0 spiro atoms. The molecule has 0 fully saturated rings. The lowest BCUT2D eigenvalue weighted by molar-refractivity contribution is -0.140. The number of hydrogen-bond donors (Lipinski definition) is 0. The molecule has 0 heterocycles. The summed E-state index contributed by atoms with van der Waals surface area (Å²) in [5.41, 5.74) is 9.21. The van der Waals surface area contributed by atoms with E-state index in [1.165, 1.54) is 29.2 Å². The first-order chi connectivity index (χ1) is 41.9. The van der Waals surface area contributed by atoms with Gasteiger partial charge in [0.15, 0.2) is 0 Å². The average Bonchev–Trinajstić information content (AvgIpc) is 1.10. The first kappa shape index (κ1) is 70.5. The summed E-state index contributed by atoms with van der Waals surface area (Å²) in [6.07, 6.45) is 1.26. The predicted molar refractivity (Wildman–Crippen MR) is 347 cm³/mol. The summed E-state index contributed by atoms with van der Waals surface area (Å²) in [6, 6.07) is 48.0. The van der Waals surface area contributed by atoms with Gasteiger partial charge in [0.1, 0.15) is 49.4 Å². The van der Waals surface area contributed by atoms with Crippen LogP contribution in [-0.2, 0) is 64.6 Å². The molecule has 470 valence electrons. The fraction of sp³-hybridized carbons (Fsp3) is 0.333. The van der Waals surface area contributed by atoms with Gasteiger partial charge in [-0.3, -0.25) is 4.79 Å². The monoisotopic (exact) mass is 1210 g/mol. The van der Waals surface area contributed by atoms with E-state index in [2.05, 4.69) is 159 Å². The summed E-state index contributed by atoms with van der Waals surface area (Å²) < 4.78 is 41.9. The minimum Gasteiger partial charge on any atom is -0.490 e. The van der Waals surface area contributed by atoms with Gasteiger partial charge >= 0.3 is 36.0 Å². The fourth-order valence-electron chi connectivity index (χ4n) is 9.22. The molecule has 0 unspecified atom stereocenters. The Morgan fingerprint density at radius 2 is 0.573 bits per heavy atom. The van der Waals surface area contributed by atoms with Gasteiger partial charge in [0, 0.05) is 50.4 Å². The van der Waals surface area contributed by atoms with Crippen molar-refractivity contribution < 1.29 is 66.7 Å². The molecule has 0 aromatic heterocycles. The Bertz CT molecular complexity index is 3330.